The number of likely N-dealkylation sites (N-methyl/N-ethyl adjacent to an activating group) is 2. The molecular formula is C41H64N6O5. The Balaban J connectivity index is 1.32. The largest absolute Gasteiger partial charge is 0.496 e. The molecule has 4 unspecified atom stereocenters. The van der Waals surface area contributed by atoms with Crippen LogP contribution < -0.4 is 25.6 Å². The van der Waals surface area contributed by atoms with Gasteiger partial charge in [-0.05, 0) is 99.8 Å². The van der Waals surface area contributed by atoms with E-state index in [9.17, 15) is 9.90 Å². The molecule has 11 nitrogen and oxygen atoms in total. The number of nitrogens with zero attached hydrogens (tertiary/aromatic N) is 3. The highest BCUT2D eigenvalue weighted by Gasteiger charge is 2.54. The third kappa shape index (κ3) is 7.87. The van der Waals surface area contributed by atoms with Crippen LogP contribution in [0.4, 0.5) is 5.69 Å². The number of ether oxygens (including phenoxy) is 2. The molecule has 2 aliphatic heterocycles. The summed E-state index contributed by atoms with van der Waals surface area (Å²) in [5, 5.41) is 23.0. The van der Waals surface area contributed by atoms with E-state index in [0.29, 0.717) is 24.3 Å². The van der Waals surface area contributed by atoms with Crippen LogP contribution in [-0.2, 0) is 20.9 Å². The van der Waals surface area contributed by atoms with E-state index in [0.717, 1.165) is 59.6 Å². The van der Waals surface area contributed by atoms with Crippen LogP contribution in [0.25, 0.3) is 11.1 Å². The lowest BCUT2D eigenvalue weighted by atomic mass is 9.52. The minimum atomic E-state index is -0.609. The van der Waals surface area contributed by atoms with Crippen LogP contribution in [-0.4, -0.2) is 113 Å². The van der Waals surface area contributed by atoms with Gasteiger partial charge in [-0.15, -0.1) is 0 Å². The Morgan fingerprint density at radius 1 is 1.15 bits per heavy atom. The van der Waals surface area contributed by atoms with Gasteiger partial charge in [0.15, 0.2) is 0 Å². The zero-order chi connectivity index (χ0) is 37.5. The van der Waals surface area contributed by atoms with Crippen LogP contribution in [0.1, 0.15) is 64.2 Å². The minimum absolute atomic E-state index is 0.000619. The molecule has 2 aromatic carbocycles. The van der Waals surface area contributed by atoms with Gasteiger partial charge in [-0.25, -0.2) is 0 Å². The maximum absolute atomic E-state index is 14.8. The van der Waals surface area contributed by atoms with Gasteiger partial charge in [-0.2, -0.15) is 5.06 Å². The van der Waals surface area contributed by atoms with E-state index in [-0.39, 0.29) is 48.3 Å². The van der Waals surface area contributed by atoms with Crippen molar-refractivity contribution < 1.29 is 24.2 Å². The Kier molecular flexibility index (Phi) is 11.9. The second kappa shape index (κ2) is 15.9. The molecule has 5 fully saturated rings. The Morgan fingerprint density at radius 2 is 1.92 bits per heavy atom. The van der Waals surface area contributed by atoms with Crippen molar-refractivity contribution in [3.05, 3.63) is 47.5 Å². The van der Waals surface area contributed by atoms with Crippen molar-refractivity contribution in [1.82, 2.24) is 25.9 Å². The molecule has 7 rings (SSSR count). The molecule has 0 radical (unpaired) electrons. The number of carbonyl (C=O) groups excluding carboxylic acids is 1. The molecule has 2 saturated heterocycles. The van der Waals surface area contributed by atoms with Crippen LogP contribution in [0.2, 0.25) is 0 Å². The fraction of sp³-hybridized carbons (Fsp3) is 0.683. The number of benzene rings is 2. The van der Waals surface area contributed by atoms with Gasteiger partial charge in [0, 0.05) is 62.0 Å². The number of hydroxylamine groups is 2. The zero-order valence-corrected chi connectivity index (χ0v) is 33.1. The molecule has 2 aromatic rings. The molecule has 1 amide bonds. The topological polar surface area (TPSA) is 114 Å². The minimum Gasteiger partial charge on any atom is -0.496 e. The molecule has 52 heavy (non-hydrogen) atoms. The lowest BCUT2D eigenvalue weighted by Crippen LogP contribution is -2.61. The molecule has 5 aliphatic rings. The Labute approximate surface area is 311 Å². The van der Waals surface area contributed by atoms with Crippen LogP contribution in [0.5, 0.6) is 5.75 Å². The van der Waals surface area contributed by atoms with Gasteiger partial charge in [-0.1, -0.05) is 39.0 Å². The molecular weight excluding hydrogens is 656 g/mol. The summed E-state index contributed by atoms with van der Waals surface area (Å²) < 4.78 is 12.1. The number of rotatable bonds is 15. The number of anilines is 1. The highest BCUT2D eigenvalue weighted by Crippen LogP contribution is 2.55. The third-order valence-electron chi connectivity index (χ3n) is 12.6. The number of aliphatic hydroxyl groups excluding tert-OH is 1. The van der Waals surface area contributed by atoms with E-state index in [1.807, 2.05) is 38.3 Å². The Morgan fingerprint density at radius 3 is 2.54 bits per heavy atom. The molecule has 3 saturated carbocycles. The van der Waals surface area contributed by atoms with E-state index in [1.165, 1.54) is 6.42 Å². The number of hydrogen-bond donors (Lipinski definition) is 4. The molecule has 3 aliphatic carbocycles. The van der Waals surface area contributed by atoms with Crippen molar-refractivity contribution in [1.29, 1.82) is 0 Å². The van der Waals surface area contributed by atoms with Gasteiger partial charge < -0.3 is 35.0 Å². The molecule has 2 heterocycles. The molecule has 0 aromatic heterocycles. The first kappa shape index (κ1) is 38.9. The average molecular weight is 721 g/mol. The van der Waals surface area contributed by atoms with Gasteiger partial charge in [-0.3, -0.25) is 14.9 Å². The van der Waals surface area contributed by atoms with Crippen LogP contribution in [0, 0.1) is 29.1 Å². The van der Waals surface area contributed by atoms with Crippen LogP contribution in [0.3, 0.4) is 0 Å². The maximum atomic E-state index is 14.8. The van der Waals surface area contributed by atoms with Crippen molar-refractivity contribution in [3.8, 4) is 16.9 Å². The summed E-state index contributed by atoms with van der Waals surface area (Å²) in [7, 11) is 11.8. The summed E-state index contributed by atoms with van der Waals surface area (Å²) in [6.07, 6.45) is 2.96. The Hall–Kier alpha value is -2.77. The second-order valence-corrected chi connectivity index (χ2v) is 17.0. The van der Waals surface area contributed by atoms with Crippen molar-refractivity contribution in [2.45, 2.75) is 90.1 Å². The molecule has 0 spiro atoms. The first-order valence-corrected chi connectivity index (χ1v) is 19.3. The number of nitrogens with one attached hydrogen (secondary N) is 3. The number of fused-ring (bicyclic) bond motifs is 3. The molecule has 2 bridgehead atoms. The summed E-state index contributed by atoms with van der Waals surface area (Å²) >= 11 is 0. The van der Waals surface area contributed by atoms with E-state index < -0.39 is 12.1 Å². The number of amides is 1. The number of epoxide rings is 1. The van der Waals surface area contributed by atoms with Gasteiger partial charge in [0.1, 0.15) is 30.2 Å². The number of aliphatic hydroxyl groups is 1. The third-order valence-corrected chi connectivity index (χ3v) is 12.6. The number of carbonyl (C=O) groups is 1. The Bertz CT molecular complexity index is 1550. The first-order chi connectivity index (χ1) is 24.8. The highest BCUT2D eigenvalue weighted by molar-refractivity contribution is 5.83. The average Bonchev–Trinajstić information content (AvgIpc) is 3.81. The number of methoxy groups -OCH3 is 1. The van der Waals surface area contributed by atoms with Gasteiger partial charge in [0.2, 0.25) is 5.91 Å². The van der Waals surface area contributed by atoms with Crippen molar-refractivity contribution >= 4 is 11.6 Å². The fourth-order valence-corrected chi connectivity index (χ4v) is 9.87. The molecule has 10 atom stereocenters. The second-order valence-electron chi connectivity index (χ2n) is 17.0. The summed E-state index contributed by atoms with van der Waals surface area (Å²) in [5.41, 5.74) is 5.35. The summed E-state index contributed by atoms with van der Waals surface area (Å²) in [6, 6.07) is 12.1. The molecule has 288 valence electrons. The van der Waals surface area contributed by atoms with Gasteiger partial charge in [0.05, 0.1) is 20.3 Å². The summed E-state index contributed by atoms with van der Waals surface area (Å²) in [6.45, 7) is 11.0. The predicted molar refractivity (Wildman–Crippen MR) is 206 cm³/mol. The maximum Gasteiger partial charge on any atom is 0.240 e. The smallest absolute Gasteiger partial charge is 0.240 e. The fourth-order valence-electron chi connectivity index (χ4n) is 9.87. The monoisotopic (exact) mass is 720 g/mol. The normalized spacial score (nSPS) is 31.5. The summed E-state index contributed by atoms with van der Waals surface area (Å²) in [5.74, 6) is 1.88. The molecule has 11 heteroatoms. The standard InChI is InChI=1S/C41H64N6O5/c1-24-32-15-14-26(21-41(32,3)4)35(24)44-39(49)36-34(25(2)43-16-17-45(6)7)33(23-48)52-47(36)22-27-12-11-13-31(37(27)50-10)28-18-29(38-40(42-5)51-38)20-30(19-28)46(8)9/h11-13,18-20,24-26,32-36,38,40,42-43,48H,14-17,21-23H2,1-10H3,(H,44,49)/t24-,25?,26?,32-,33-,34+,35+,36-,38?,40?/m0/s1. The number of para-hydroxylation sites is 1. The summed E-state index contributed by atoms with van der Waals surface area (Å²) in [4.78, 5) is 25.6. The quantitative estimate of drug-likeness (QED) is 0.199. The molecule has 4 N–H and O–H groups in total. The van der Waals surface area contributed by atoms with Crippen molar-refractivity contribution in [2.75, 3.05) is 66.9 Å². The number of hydrogen-bond acceptors (Lipinski definition) is 10. The SMILES string of the molecule is CNC1OC1c1cc(-c2cccc(CN3O[C@@H](CO)[C@@H](C(C)NCCN(C)C)[C@H]3C(=O)N[C@H]3C4CC[C@@H]([C@@H]3C)C(C)(C)C4)c2OC)cc(N(C)C)c1. The lowest BCUT2D eigenvalue weighted by molar-refractivity contribution is -0.182. The van der Waals surface area contributed by atoms with E-state index in [2.05, 4.69) is 91.8 Å². The van der Waals surface area contributed by atoms with Crippen LogP contribution >= 0.6 is 0 Å². The lowest BCUT2D eigenvalue weighted by Gasteiger charge is -2.56. The van der Waals surface area contributed by atoms with E-state index in [4.69, 9.17) is 14.3 Å². The zero-order valence-electron chi connectivity index (χ0n) is 33.1. The predicted octanol–water partition coefficient (Wildman–Crippen LogP) is 4.25. The van der Waals surface area contributed by atoms with Crippen molar-refractivity contribution in [3.63, 3.8) is 0 Å². The van der Waals surface area contributed by atoms with Crippen LogP contribution in [0.15, 0.2) is 36.4 Å². The van der Waals surface area contributed by atoms with E-state index >= 15 is 0 Å². The van der Waals surface area contributed by atoms with Gasteiger partial charge in [0.25, 0.3) is 0 Å². The van der Waals surface area contributed by atoms with Gasteiger partial charge >= 0.3 is 0 Å². The highest BCUT2D eigenvalue weighted by atomic mass is 16.7. The first-order valence-electron chi connectivity index (χ1n) is 19.3. The van der Waals surface area contributed by atoms with E-state index in [1.54, 1.807) is 7.11 Å². The van der Waals surface area contributed by atoms with Crippen molar-refractivity contribution in [2.24, 2.45) is 29.1 Å².